The van der Waals surface area contributed by atoms with Crippen molar-refractivity contribution < 1.29 is 0 Å². The summed E-state index contributed by atoms with van der Waals surface area (Å²) in [5.74, 6) is 3.59. The third kappa shape index (κ3) is 92.3. The Bertz CT molecular complexity index is 439. The molecular weight excluding hydrogens is 540 g/mol. The molecule has 0 bridgehead atoms. The summed E-state index contributed by atoms with van der Waals surface area (Å²) in [5.41, 5.74) is 1.12. The molecule has 0 unspecified atom stereocenters. The zero-order valence-electron chi connectivity index (χ0n) is 36.7. The summed E-state index contributed by atoms with van der Waals surface area (Å²) in [7, 11) is 0. The van der Waals surface area contributed by atoms with E-state index in [0.717, 1.165) is 23.7 Å². The molecule has 0 heterocycles. The molecule has 0 aromatic rings. The molecule has 0 spiro atoms. The first kappa shape index (κ1) is 57.3. The van der Waals surface area contributed by atoms with E-state index in [2.05, 4.69) is 138 Å². The molecule has 0 aliphatic rings. The number of unbranched alkanes of at least 4 members (excludes halogenated alkanes) is 9. The lowest BCUT2D eigenvalue weighted by Crippen LogP contribution is -2.05. The molecule has 0 aliphatic heterocycles. The van der Waals surface area contributed by atoms with Crippen molar-refractivity contribution in [3.8, 4) is 0 Å². The highest BCUT2D eigenvalue weighted by Gasteiger charge is 2.09. The summed E-state index contributed by atoms with van der Waals surface area (Å²) >= 11 is 0. The van der Waals surface area contributed by atoms with Gasteiger partial charge in [-0.15, -0.1) is 0 Å². The smallest absolute Gasteiger partial charge is 0.0359 e. The zero-order chi connectivity index (χ0) is 36.7. The lowest BCUT2D eigenvalue weighted by Gasteiger charge is -2.18. The van der Waals surface area contributed by atoms with Crippen molar-refractivity contribution in [2.24, 2.45) is 34.5 Å². The third-order valence-corrected chi connectivity index (χ3v) is 8.68. The van der Waals surface area contributed by atoms with Crippen LogP contribution in [0.2, 0.25) is 0 Å². The Kier molecular flexibility index (Phi) is 56.0. The monoisotopic (exact) mass is 643 g/mol. The fraction of sp³-hybridized carbons (Fsp3) is 1.00. The number of hydrogen-bond acceptors (Lipinski definition) is 0. The van der Waals surface area contributed by atoms with Crippen LogP contribution < -0.4 is 0 Å². The maximum Gasteiger partial charge on any atom is -0.0359 e. The van der Waals surface area contributed by atoms with Crippen LogP contribution in [0.3, 0.4) is 0 Å². The minimum absolute atomic E-state index is 0.542. The highest BCUT2D eigenvalue weighted by molar-refractivity contribution is 4.61. The molecule has 0 radical (unpaired) electrons. The third-order valence-electron chi connectivity index (χ3n) is 8.68. The summed E-state index contributed by atoms with van der Waals surface area (Å²) in [6.45, 7) is 45.1. The normalized spacial score (nSPS) is 10.9. The van der Waals surface area contributed by atoms with Crippen LogP contribution in [-0.2, 0) is 0 Å². The molecule has 45 heavy (non-hydrogen) atoms. The van der Waals surface area contributed by atoms with Gasteiger partial charge >= 0.3 is 0 Å². The summed E-state index contributed by atoms with van der Waals surface area (Å²) in [5, 5.41) is 0. The van der Waals surface area contributed by atoms with Crippen LogP contribution in [-0.4, -0.2) is 0 Å². The van der Waals surface area contributed by atoms with Gasteiger partial charge in [0.1, 0.15) is 0 Å². The van der Waals surface area contributed by atoms with Gasteiger partial charge in [0.15, 0.2) is 0 Å². The van der Waals surface area contributed by atoms with E-state index >= 15 is 0 Å². The fourth-order valence-corrected chi connectivity index (χ4v) is 3.30. The topological polar surface area (TPSA) is 0 Å². The van der Waals surface area contributed by atoms with Gasteiger partial charge < -0.3 is 0 Å². The van der Waals surface area contributed by atoms with Gasteiger partial charge in [-0.25, -0.2) is 0 Å². The van der Waals surface area contributed by atoms with Gasteiger partial charge in [-0.2, -0.15) is 0 Å². The summed E-state index contributed by atoms with van der Waals surface area (Å²) < 4.78 is 0. The SMILES string of the molecule is CCC(C)(C)C.CCC(C)(C)CC.CCC(C)C.CCCC(C)C.CCCCC(C)C.CCCCCCCCCCCC(C)C. The molecule has 0 N–H and O–H groups in total. The second-order valence-electron chi connectivity index (χ2n) is 17.3. The van der Waals surface area contributed by atoms with Gasteiger partial charge in [-0.3, -0.25) is 0 Å². The molecule has 0 heteroatoms. The Morgan fingerprint density at radius 1 is 0.333 bits per heavy atom. The van der Waals surface area contributed by atoms with Crippen molar-refractivity contribution >= 4 is 0 Å². The fourth-order valence-electron chi connectivity index (χ4n) is 3.30. The van der Waals surface area contributed by atoms with Crippen LogP contribution in [0.5, 0.6) is 0 Å². The van der Waals surface area contributed by atoms with E-state index in [-0.39, 0.29) is 0 Å². The van der Waals surface area contributed by atoms with Gasteiger partial charge in [0.05, 0.1) is 0 Å². The average Bonchev–Trinajstić information content (AvgIpc) is 2.96. The van der Waals surface area contributed by atoms with Gasteiger partial charge in [-0.1, -0.05) is 260 Å². The van der Waals surface area contributed by atoms with Crippen LogP contribution in [0.1, 0.15) is 260 Å². The average molecular weight is 643 g/mol. The molecule has 0 rings (SSSR count). The molecule has 0 aromatic heterocycles. The van der Waals surface area contributed by atoms with Crippen LogP contribution in [0.4, 0.5) is 0 Å². The van der Waals surface area contributed by atoms with Gasteiger partial charge in [0.25, 0.3) is 0 Å². The highest BCUT2D eigenvalue weighted by Crippen LogP contribution is 2.22. The van der Waals surface area contributed by atoms with Crippen LogP contribution in [0.25, 0.3) is 0 Å². The highest BCUT2D eigenvalue weighted by atomic mass is 14.2. The summed E-state index contributed by atoms with van der Waals surface area (Å²) in [6.07, 6.45) is 26.5. The van der Waals surface area contributed by atoms with Crippen LogP contribution >= 0.6 is 0 Å². The first-order valence-electron chi connectivity index (χ1n) is 20.8. The number of hydrogen-bond donors (Lipinski definition) is 0. The molecular formula is C45H102. The van der Waals surface area contributed by atoms with Crippen LogP contribution in [0.15, 0.2) is 0 Å². The molecule has 0 aliphatic carbocycles. The standard InChI is InChI=1S/C14H30.2C7H16.2C6H14.C5H12/c1-4-5-6-7-8-9-10-11-12-13-14(2)3;1-5-7(3,4)6-2;1-4-5-6-7(2)3;1-5-6(2,3)4;1-4-5-6(2)3;1-4-5(2)3/h14H,4-13H2,1-3H3;5-6H2,1-4H3;7H,4-6H2,1-3H3;5H2,1-4H3;6H,4-5H2,1-3H3;5H,4H2,1-3H3. The first-order valence-corrected chi connectivity index (χ1v) is 20.8. The minimum Gasteiger partial charge on any atom is -0.0654 e. The van der Waals surface area contributed by atoms with E-state index in [4.69, 9.17) is 0 Å². The lowest BCUT2D eigenvalue weighted by atomic mass is 9.88. The van der Waals surface area contributed by atoms with E-state index in [0.29, 0.717) is 10.8 Å². The molecule has 0 saturated carbocycles. The summed E-state index contributed by atoms with van der Waals surface area (Å²) in [4.78, 5) is 0. The van der Waals surface area contributed by atoms with E-state index in [1.165, 1.54) is 122 Å². The van der Waals surface area contributed by atoms with E-state index in [1.807, 2.05) is 0 Å². The van der Waals surface area contributed by atoms with E-state index in [9.17, 15) is 0 Å². The van der Waals surface area contributed by atoms with Crippen molar-refractivity contribution in [3.05, 3.63) is 0 Å². The van der Waals surface area contributed by atoms with E-state index in [1.54, 1.807) is 0 Å². The molecule has 0 atom stereocenters. The van der Waals surface area contributed by atoms with Crippen molar-refractivity contribution in [2.45, 2.75) is 260 Å². The molecule has 0 aromatic carbocycles. The van der Waals surface area contributed by atoms with Gasteiger partial charge in [-0.05, 0) is 34.5 Å². The predicted molar refractivity (Wildman–Crippen MR) is 220 cm³/mol. The lowest BCUT2D eigenvalue weighted by molar-refractivity contribution is 0.338. The van der Waals surface area contributed by atoms with Gasteiger partial charge in [0.2, 0.25) is 0 Å². The Morgan fingerprint density at radius 3 is 0.778 bits per heavy atom. The second-order valence-corrected chi connectivity index (χ2v) is 17.3. The van der Waals surface area contributed by atoms with Crippen molar-refractivity contribution in [2.75, 3.05) is 0 Å². The Labute approximate surface area is 294 Å². The predicted octanol–water partition coefficient (Wildman–Crippen LogP) is 18.2. The quantitative estimate of drug-likeness (QED) is 0.130. The minimum atomic E-state index is 0.542. The van der Waals surface area contributed by atoms with Crippen LogP contribution in [0, 0.1) is 34.5 Å². The van der Waals surface area contributed by atoms with E-state index < -0.39 is 0 Å². The second kappa shape index (κ2) is 44.0. The van der Waals surface area contributed by atoms with Crippen molar-refractivity contribution in [3.63, 3.8) is 0 Å². The summed E-state index contributed by atoms with van der Waals surface area (Å²) in [6, 6.07) is 0. The Balaban J connectivity index is -0.000000106. The van der Waals surface area contributed by atoms with Crippen molar-refractivity contribution in [1.29, 1.82) is 0 Å². The maximum absolute atomic E-state index is 2.32. The molecule has 282 valence electrons. The number of rotatable bonds is 18. The molecule has 0 nitrogen and oxygen atoms in total. The van der Waals surface area contributed by atoms with Gasteiger partial charge in [0, 0.05) is 0 Å². The maximum atomic E-state index is 2.32. The molecule has 0 amide bonds. The molecule has 0 fully saturated rings. The zero-order valence-corrected chi connectivity index (χ0v) is 36.7. The Hall–Kier alpha value is 0. The Morgan fingerprint density at radius 2 is 0.622 bits per heavy atom. The van der Waals surface area contributed by atoms with Crippen molar-refractivity contribution in [1.82, 2.24) is 0 Å². The molecule has 0 saturated heterocycles. The first-order chi connectivity index (χ1) is 20.8. The largest absolute Gasteiger partial charge is 0.0654 e.